The third-order valence-corrected chi connectivity index (χ3v) is 2.42. The summed E-state index contributed by atoms with van der Waals surface area (Å²) in [6, 6.07) is 0. The third-order valence-electron chi connectivity index (χ3n) is 1.48. The summed E-state index contributed by atoms with van der Waals surface area (Å²) in [5.41, 5.74) is 0. The summed E-state index contributed by atoms with van der Waals surface area (Å²) in [5, 5.41) is 21.8. The van der Waals surface area contributed by atoms with Crippen molar-refractivity contribution in [3.63, 3.8) is 0 Å². The average molecular weight is 201 g/mol. The molecule has 0 saturated carbocycles. The number of rotatable bonds is 5. The molecular formula is C8H15N3OS. The van der Waals surface area contributed by atoms with E-state index in [1.807, 2.05) is 0 Å². The minimum Gasteiger partial charge on any atom is -0.392 e. The largest absolute Gasteiger partial charge is 0.392 e. The van der Waals surface area contributed by atoms with Crippen molar-refractivity contribution in [3.8, 4) is 0 Å². The van der Waals surface area contributed by atoms with Crippen LogP contribution in [-0.4, -0.2) is 28.0 Å². The van der Waals surface area contributed by atoms with Crippen LogP contribution in [0, 0.1) is 0 Å². The molecule has 1 heterocycles. The van der Waals surface area contributed by atoms with E-state index >= 15 is 0 Å². The first-order chi connectivity index (χ1) is 6.22. The molecule has 0 aliphatic heterocycles. The monoisotopic (exact) mass is 201 g/mol. The lowest BCUT2D eigenvalue weighted by Gasteiger charge is -2.02. The smallest absolute Gasteiger partial charge is 0.205 e. The Bertz CT molecular complexity index is 249. The molecule has 13 heavy (non-hydrogen) atoms. The lowest BCUT2D eigenvalue weighted by atomic mass is 10.4. The molecule has 1 unspecified atom stereocenters. The molecule has 2 N–H and O–H groups in total. The predicted octanol–water partition coefficient (Wildman–Crippen LogP) is 1.28. The van der Waals surface area contributed by atoms with E-state index in [1.165, 1.54) is 0 Å². The fraction of sp³-hybridized carbons (Fsp3) is 0.750. The second-order valence-corrected chi connectivity index (χ2v) is 4.04. The van der Waals surface area contributed by atoms with Crippen molar-refractivity contribution in [2.45, 2.75) is 32.8 Å². The van der Waals surface area contributed by atoms with E-state index in [2.05, 4.69) is 22.4 Å². The molecule has 1 aromatic heterocycles. The normalized spacial score (nSPS) is 12.8. The van der Waals surface area contributed by atoms with E-state index in [0.717, 1.165) is 23.0 Å². The second kappa shape index (κ2) is 5.14. The molecule has 1 aromatic rings. The molecule has 0 aliphatic rings. The maximum atomic E-state index is 9.02. The molecule has 0 radical (unpaired) electrons. The third kappa shape index (κ3) is 3.69. The maximum absolute atomic E-state index is 9.02. The summed E-state index contributed by atoms with van der Waals surface area (Å²) in [6.07, 6.45) is 1.72. The molecule has 0 fully saturated rings. The van der Waals surface area contributed by atoms with Crippen LogP contribution in [0.5, 0.6) is 0 Å². The van der Waals surface area contributed by atoms with Gasteiger partial charge in [0.15, 0.2) is 0 Å². The molecule has 1 rings (SSSR count). The number of anilines is 1. The standard InChI is InChI=1S/C8H15N3OS/c1-3-4-7-10-11-8(13-7)9-5-6(2)12/h6,12H,3-5H2,1-2H3,(H,9,11). The lowest BCUT2D eigenvalue weighted by Crippen LogP contribution is -2.14. The van der Waals surface area contributed by atoms with Gasteiger partial charge in [0.25, 0.3) is 0 Å². The van der Waals surface area contributed by atoms with Gasteiger partial charge in [-0.2, -0.15) is 0 Å². The van der Waals surface area contributed by atoms with Crippen molar-refractivity contribution < 1.29 is 5.11 Å². The Morgan fingerprint density at radius 2 is 2.31 bits per heavy atom. The van der Waals surface area contributed by atoms with E-state index in [9.17, 15) is 0 Å². The number of hydrogen-bond acceptors (Lipinski definition) is 5. The molecule has 0 aromatic carbocycles. The minimum absolute atomic E-state index is 0.349. The number of nitrogens with zero attached hydrogens (tertiary/aromatic N) is 2. The Hall–Kier alpha value is -0.680. The quantitative estimate of drug-likeness (QED) is 0.753. The van der Waals surface area contributed by atoms with Crippen molar-refractivity contribution in [2.75, 3.05) is 11.9 Å². The van der Waals surface area contributed by atoms with Gasteiger partial charge < -0.3 is 10.4 Å². The van der Waals surface area contributed by atoms with E-state index in [4.69, 9.17) is 5.11 Å². The lowest BCUT2D eigenvalue weighted by molar-refractivity contribution is 0.208. The summed E-state index contributed by atoms with van der Waals surface area (Å²) in [6.45, 7) is 4.38. The molecule has 4 nitrogen and oxygen atoms in total. The number of aliphatic hydroxyl groups excluding tert-OH is 1. The van der Waals surface area contributed by atoms with Crippen LogP contribution in [0.1, 0.15) is 25.3 Å². The Morgan fingerprint density at radius 1 is 1.54 bits per heavy atom. The molecule has 0 amide bonds. The van der Waals surface area contributed by atoms with Gasteiger partial charge in [-0.15, -0.1) is 10.2 Å². The van der Waals surface area contributed by atoms with Gasteiger partial charge in [-0.05, 0) is 13.3 Å². The number of nitrogens with one attached hydrogen (secondary N) is 1. The van der Waals surface area contributed by atoms with Crippen molar-refractivity contribution in [2.24, 2.45) is 0 Å². The first-order valence-electron chi connectivity index (χ1n) is 4.46. The summed E-state index contributed by atoms with van der Waals surface area (Å²) in [7, 11) is 0. The zero-order valence-corrected chi connectivity index (χ0v) is 8.77. The van der Waals surface area contributed by atoms with Gasteiger partial charge in [-0.3, -0.25) is 0 Å². The Kier molecular flexibility index (Phi) is 4.11. The molecule has 0 bridgehead atoms. The molecule has 0 saturated heterocycles. The number of hydrogen-bond donors (Lipinski definition) is 2. The fourth-order valence-electron chi connectivity index (χ4n) is 0.875. The first kappa shape index (κ1) is 10.4. The summed E-state index contributed by atoms with van der Waals surface area (Å²) >= 11 is 1.55. The average Bonchev–Trinajstić information content (AvgIpc) is 2.50. The maximum Gasteiger partial charge on any atom is 0.205 e. The van der Waals surface area contributed by atoms with Crippen LogP contribution in [0.2, 0.25) is 0 Å². The van der Waals surface area contributed by atoms with Gasteiger partial charge in [0.2, 0.25) is 5.13 Å². The van der Waals surface area contributed by atoms with Gasteiger partial charge in [0.05, 0.1) is 6.10 Å². The van der Waals surface area contributed by atoms with Gasteiger partial charge in [0, 0.05) is 13.0 Å². The predicted molar refractivity (Wildman–Crippen MR) is 54.1 cm³/mol. The SMILES string of the molecule is CCCc1nnc(NCC(C)O)s1. The van der Waals surface area contributed by atoms with E-state index in [1.54, 1.807) is 18.3 Å². The number of aromatic nitrogens is 2. The second-order valence-electron chi connectivity index (χ2n) is 2.98. The van der Waals surface area contributed by atoms with Gasteiger partial charge in [-0.25, -0.2) is 0 Å². The van der Waals surface area contributed by atoms with Crippen molar-refractivity contribution in [1.29, 1.82) is 0 Å². The Balaban J connectivity index is 2.39. The van der Waals surface area contributed by atoms with Crippen LogP contribution in [0.15, 0.2) is 0 Å². The fourth-order valence-corrected chi connectivity index (χ4v) is 1.72. The van der Waals surface area contributed by atoms with E-state index < -0.39 is 0 Å². The highest BCUT2D eigenvalue weighted by Crippen LogP contribution is 2.15. The van der Waals surface area contributed by atoms with Gasteiger partial charge >= 0.3 is 0 Å². The number of aryl methyl sites for hydroxylation is 1. The van der Waals surface area contributed by atoms with Crippen LogP contribution in [-0.2, 0) is 6.42 Å². The first-order valence-corrected chi connectivity index (χ1v) is 5.28. The molecule has 0 spiro atoms. The molecule has 74 valence electrons. The summed E-state index contributed by atoms with van der Waals surface area (Å²) in [4.78, 5) is 0. The summed E-state index contributed by atoms with van der Waals surface area (Å²) in [5.74, 6) is 0. The zero-order valence-electron chi connectivity index (χ0n) is 7.95. The van der Waals surface area contributed by atoms with Crippen LogP contribution in [0.4, 0.5) is 5.13 Å². The number of aliphatic hydroxyl groups is 1. The molecule has 1 atom stereocenters. The molecule has 5 heteroatoms. The van der Waals surface area contributed by atoms with Gasteiger partial charge in [-0.1, -0.05) is 18.3 Å². The minimum atomic E-state index is -0.349. The molecular weight excluding hydrogens is 186 g/mol. The highest BCUT2D eigenvalue weighted by molar-refractivity contribution is 7.15. The highest BCUT2D eigenvalue weighted by Gasteiger charge is 2.03. The van der Waals surface area contributed by atoms with E-state index in [-0.39, 0.29) is 6.10 Å². The van der Waals surface area contributed by atoms with Crippen molar-refractivity contribution in [3.05, 3.63) is 5.01 Å². The Labute approximate surface area is 82.0 Å². The van der Waals surface area contributed by atoms with Crippen LogP contribution in [0.3, 0.4) is 0 Å². The topological polar surface area (TPSA) is 58.0 Å². The molecule has 0 aliphatic carbocycles. The van der Waals surface area contributed by atoms with Crippen LogP contribution in [0.25, 0.3) is 0 Å². The van der Waals surface area contributed by atoms with Crippen LogP contribution >= 0.6 is 11.3 Å². The van der Waals surface area contributed by atoms with Crippen molar-refractivity contribution in [1.82, 2.24) is 10.2 Å². The van der Waals surface area contributed by atoms with Crippen molar-refractivity contribution >= 4 is 16.5 Å². The highest BCUT2D eigenvalue weighted by atomic mass is 32.1. The van der Waals surface area contributed by atoms with E-state index in [0.29, 0.717) is 6.54 Å². The van der Waals surface area contributed by atoms with Crippen LogP contribution < -0.4 is 5.32 Å². The van der Waals surface area contributed by atoms with Gasteiger partial charge in [0.1, 0.15) is 5.01 Å². The zero-order chi connectivity index (χ0) is 9.68. The summed E-state index contributed by atoms with van der Waals surface area (Å²) < 4.78 is 0. The Morgan fingerprint density at radius 3 is 2.92 bits per heavy atom.